The summed E-state index contributed by atoms with van der Waals surface area (Å²) in [6.07, 6.45) is 12.6. The lowest BCUT2D eigenvalue weighted by atomic mass is 9.85. The number of thiazole rings is 1. The van der Waals surface area contributed by atoms with Crippen LogP contribution in [0.25, 0.3) is 21.3 Å². The molecule has 2 fully saturated rings. The number of carbonyl (C=O) groups is 4. The monoisotopic (exact) mass is 1000 g/mol. The summed E-state index contributed by atoms with van der Waals surface area (Å²) in [6, 6.07) is 20.0. The maximum Gasteiger partial charge on any atom is 0.246 e. The zero-order valence-electron chi connectivity index (χ0n) is 42.8. The van der Waals surface area contributed by atoms with E-state index in [0.717, 1.165) is 122 Å². The number of methoxy groups -OCH3 is 1. The molecule has 0 saturated carbocycles. The predicted molar refractivity (Wildman–Crippen MR) is 283 cm³/mol. The van der Waals surface area contributed by atoms with E-state index in [1.54, 1.807) is 24.8 Å². The summed E-state index contributed by atoms with van der Waals surface area (Å²) < 4.78 is 12.0. The minimum absolute atomic E-state index is 0.0377. The molecule has 2 saturated heterocycles. The van der Waals surface area contributed by atoms with Gasteiger partial charge in [0, 0.05) is 62.6 Å². The summed E-state index contributed by atoms with van der Waals surface area (Å²) in [5, 5.41) is 20.7. The number of β-amino-alcohol motifs (C(OH)–C–C–N with tert-alkyl or cyclic N) is 1. The number of benzene rings is 3. The standard InChI is InChI=1S/C56H74N8O7S/c1-38-51(72-37-60-38)41-24-22-39(23-25-41)33-57-54(68)46-30-43(65)34-64(46)55(69)52(56(2,3)4)62-49(66)20-16-11-9-7-6-8-10-12-17-21-50(67)63-28-26-40(27-29-63)35-71-48-32-45-44(31-47(48)70-5)53(59-36-58-45)61-42-18-14-13-15-19-42/h13-15,18-19,22-25,31-32,36-37,40,43,46,52,65H,6-12,16-17,20-21,26-30,33-35H2,1-5H3,(H,57,68)(H,62,66)(H,58,59,61). The quantitative estimate of drug-likeness (QED) is 0.0431. The van der Waals surface area contributed by atoms with Crippen LogP contribution in [0.15, 0.2) is 78.6 Å². The molecule has 2 aliphatic heterocycles. The molecule has 0 radical (unpaired) electrons. The van der Waals surface area contributed by atoms with Crippen molar-refractivity contribution >= 4 is 57.4 Å². The number of hydrogen-bond donors (Lipinski definition) is 4. The van der Waals surface area contributed by atoms with Gasteiger partial charge in [-0.2, -0.15) is 0 Å². The van der Waals surface area contributed by atoms with Gasteiger partial charge >= 0.3 is 0 Å². The molecule has 2 aliphatic rings. The number of nitrogens with one attached hydrogen (secondary N) is 3. The van der Waals surface area contributed by atoms with Gasteiger partial charge in [-0.15, -0.1) is 11.3 Å². The Hall–Kier alpha value is -6.13. The van der Waals surface area contributed by atoms with E-state index in [2.05, 4.69) is 30.9 Å². The molecule has 4 amide bonds. The lowest BCUT2D eigenvalue weighted by molar-refractivity contribution is -0.144. The Morgan fingerprint density at radius 2 is 1.53 bits per heavy atom. The smallest absolute Gasteiger partial charge is 0.246 e. The first kappa shape index (κ1) is 53.7. The molecule has 4 heterocycles. The van der Waals surface area contributed by atoms with E-state index in [1.165, 1.54) is 4.90 Å². The average molecular weight is 1000 g/mol. The zero-order chi connectivity index (χ0) is 51.0. The van der Waals surface area contributed by atoms with Crippen LogP contribution in [0.3, 0.4) is 0 Å². The van der Waals surface area contributed by atoms with Crippen molar-refractivity contribution in [3.63, 3.8) is 0 Å². The normalized spacial score (nSPS) is 16.6. The number of carbonyl (C=O) groups excluding carboxylic acids is 4. The number of rotatable bonds is 24. The summed E-state index contributed by atoms with van der Waals surface area (Å²) in [5.41, 5.74) is 5.87. The molecule has 72 heavy (non-hydrogen) atoms. The molecule has 4 N–H and O–H groups in total. The molecular formula is C56H74N8O7S. The number of likely N-dealkylation sites (tertiary alicyclic amines) is 2. The number of hydrogen-bond acceptors (Lipinski definition) is 12. The maximum absolute atomic E-state index is 14.0. The number of aromatic nitrogens is 3. The molecule has 3 unspecified atom stereocenters. The number of para-hydroxylation sites is 1. The van der Waals surface area contributed by atoms with Crippen LogP contribution in [-0.4, -0.2) is 105 Å². The summed E-state index contributed by atoms with van der Waals surface area (Å²) in [7, 11) is 1.63. The van der Waals surface area contributed by atoms with Gasteiger partial charge in [0.05, 0.1) is 41.4 Å². The van der Waals surface area contributed by atoms with Crippen LogP contribution >= 0.6 is 11.3 Å². The predicted octanol–water partition coefficient (Wildman–Crippen LogP) is 9.53. The third kappa shape index (κ3) is 15.0. The molecule has 0 spiro atoms. The number of aliphatic hydroxyl groups is 1. The fourth-order valence-corrected chi connectivity index (χ4v) is 10.4. The van der Waals surface area contributed by atoms with Gasteiger partial charge in [0.2, 0.25) is 23.6 Å². The van der Waals surface area contributed by atoms with Crippen molar-refractivity contribution in [3.8, 4) is 21.9 Å². The van der Waals surface area contributed by atoms with Gasteiger partial charge in [0.1, 0.15) is 24.2 Å². The first-order chi connectivity index (χ1) is 34.8. The second kappa shape index (κ2) is 26.0. The Bertz CT molecular complexity index is 2560. The minimum Gasteiger partial charge on any atom is -0.493 e. The van der Waals surface area contributed by atoms with Gasteiger partial charge in [0.25, 0.3) is 0 Å². The number of amides is 4. The SMILES string of the molecule is COc1cc2c(Nc3ccccc3)ncnc2cc1OCC1CCN(C(=O)CCCCCCCCCCCC(=O)NC(C(=O)N2CC(O)CC2C(=O)NCc2ccc(-c3scnc3C)cc2)C(C)(C)C)CC1. The Morgan fingerprint density at radius 1 is 0.847 bits per heavy atom. The van der Waals surface area contributed by atoms with E-state index < -0.39 is 23.6 Å². The third-order valence-electron chi connectivity index (χ3n) is 13.9. The summed E-state index contributed by atoms with van der Waals surface area (Å²) in [4.78, 5) is 71.6. The number of fused-ring (bicyclic) bond motifs is 1. The zero-order valence-corrected chi connectivity index (χ0v) is 43.6. The molecule has 0 bridgehead atoms. The van der Waals surface area contributed by atoms with Crippen LogP contribution in [0.5, 0.6) is 11.5 Å². The van der Waals surface area contributed by atoms with Crippen molar-refractivity contribution in [1.82, 2.24) is 35.4 Å². The van der Waals surface area contributed by atoms with Crippen LogP contribution in [0, 0.1) is 18.3 Å². The molecule has 15 nitrogen and oxygen atoms in total. The minimum atomic E-state index is -0.843. The number of ether oxygens (including phenoxy) is 2. The Balaban J connectivity index is 0.727. The van der Waals surface area contributed by atoms with E-state index in [4.69, 9.17) is 9.47 Å². The molecule has 3 aromatic carbocycles. The van der Waals surface area contributed by atoms with Crippen molar-refractivity contribution in [1.29, 1.82) is 0 Å². The molecule has 5 aromatic rings. The largest absolute Gasteiger partial charge is 0.493 e. The summed E-state index contributed by atoms with van der Waals surface area (Å²) in [6.45, 7) is 10.0. The van der Waals surface area contributed by atoms with Crippen molar-refractivity contribution in [3.05, 3.63) is 89.8 Å². The van der Waals surface area contributed by atoms with E-state index in [0.29, 0.717) is 42.7 Å². The molecule has 7 rings (SSSR count). The Morgan fingerprint density at radius 3 is 2.18 bits per heavy atom. The molecular weight excluding hydrogens is 929 g/mol. The summed E-state index contributed by atoms with van der Waals surface area (Å²) >= 11 is 1.59. The highest BCUT2D eigenvalue weighted by molar-refractivity contribution is 7.13. The van der Waals surface area contributed by atoms with Gasteiger partial charge in [-0.3, -0.25) is 19.2 Å². The number of aryl methyl sites for hydroxylation is 1. The van der Waals surface area contributed by atoms with Crippen molar-refractivity contribution in [2.24, 2.45) is 11.3 Å². The van der Waals surface area contributed by atoms with Gasteiger partial charge in [-0.25, -0.2) is 15.0 Å². The van der Waals surface area contributed by atoms with Crippen LogP contribution in [0.4, 0.5) is 11.5 Å². The van der Waals surface area contributed by atoms with E-state index >= 15 is 0 Å². The highest BCUT2D eigenvalue weighted by atomic mass is 32.1. The molecule has 3 atom stereocenters. The lowest BCUT2D eigenvalue weighted by Crippen LogP contribution is -2.57. The lowest BCUT2D eigenvalue weighted by Gasteiger charge is -2.35. The van der Waals surface area contributed by atoms with Gasteiger partial charge in [-0.1, -0.05) is 108 Å². The van der Waals surface area contributed by atoms with E-state index in [1.807, 2.05) is 105 Å². The number of anilines is 2. The Kier molecular flexibility index (Phi) is 19.4. The molecule has 0 aliphatic carbocycles. The maximum atomic E-state index is 14.0. The number of nitrogens with zero attached hydrogens (tertiary/aromatic N) is 5. The number of piperidine rings is 1. The van der Waals surface area contributed by atoms with Crippen LogP contribution < -0.4 is 25.4 Å². The van der Waals surface area contributed by atoms with Crippen molar-refractivity contribution < 1.29 is 33.8 Å². The Labute approximate surface area is 428 Å². The fraction of sp³-hybridized carbons (Fsp3) is 0.518. The fourth-order valence-electron chi connectivity index (χ4n) is 9.62. The summed E-state index contributed by atoms with van der Waals surface area (Å²) in [5.74, 6) is 1.68. The van der Waals surface area contributed by atoms with Crippen LogP contribution in [0.2, 0.25) is 0 Å². The third-order valence-corrected chi connectivity index (χ3v) is 14.9. The number of unbranched alkanes of at least 4 members (excludes halogenated alkanes) is 8. The first-order valence-corrected chi connectivity index (χ1v) is 26.8. The van der Waals surface area contributed by atoms with Crippen molar-refractivity contribution in [2.75, 3.05) is 38.7 Å². The van der Waals surface area contributed by atoms with Crippen LogP contribution in [-0.2, 0) is 25.7 Å². The highest BCUT2D eigenvalue weighted by Gasteiger charge is 2.44. The molecule has 2 aromatic heterocycles. The second-order valence-corrected chi connectivity index (χ2v) is 21.3. The highest BCUT2D eigenvalue weighted by Crippen LogP contribution is 2.36. The second-order valence-electron chi connectivity index (χ2n) is 20.5. The number of aliphatic hydroxyl groups excluding tert-OH is 1. The van der Waals surface area contributed by atoms with E-state index in [-0.39, 0.29) is 43.1 Å². The van der Waals surface area contributed by atoms with Crippen molar-refractivity contribution in [2.45, 2.75) is 142 Å². The van der Waals surface area contributed by atoms with Gasteiger partial charge in [-0.05, 0) is 73.3 Å². The van der Waals surface area contributed by atoms with Gasteiger partial charge < -0.3 is 40.3 Å². The first-order valence-electron chi connectivity index (χ1n) is 25.9. The van der Waals surface area contributed by atoms with E-state index in [9.17, 15) is 24.3 Å². The topological polar surface area (TPSA) is 188 Å². The average Bonchev–Trinajstić information content (AvgIpc) is 4.00. The molecule has 16 heteroatoms. The molecule has 386 valence electrons. The van der Waals surface area contributed by atoms with Gasteiger partial charge in [0.15, 0.2) is 11.5 Å². The van der Waals surface area contributed by atoms with Crippen LogP contribution in [0.1, 0.15) is 122 Å².